The van der Waals surface area contributed by atoms with E-state index in [-0.39, 0.29) is 5.95 Å². The number of ether oxygens (including phenoxy) is 7. The zero-order valence-corrected chi connectivity index (χ0v) is 69.9. The predicted molar refractivity (Wildman–Crippen MR) is 460 cm³/mol. The van der Waals surface area contributed by atoms with Crippen molar-refractivity contribution in [1.29, 1.82) is 0 Å². The summed E-state index contributed by atoms with van der Waals surface area (Å²) >= 11 is 0. The van der Waals surface area contributed by atoms with E-state index in [1.165, 1.54) is 160 Å². The Hall–Kier alpha value is -7.15. The fraction of sp³-hybridized carbons (Fsp3) is 0.632. The summed E-state index contributed by atoms with van der Waals surface area (Å²) in [6.07, 6.45) is 56.4. The number of hydrogen-bond acceptors (Lipinski definition) is 10. The number of aromatic nitrogens is 2. The van der Waals surface area contributed by atoms with Crippen LogP contribution in [0.3, 0.4) is 0 Å². The fourth-order valence-corrected chi connectivity index (χ4v) is 12.5. The molecule has 0 spiro atoms. The largest absolute Gasteiger partial charge is 0.493 e. The number of H-pyrrole nitrogens is 1. The van der Waals surface area contributed by atoms with E-state index in [0.29, 0.717) is 82.2 Å². The van der Waals surface area contributed by atoms with Crippen LogP contribution in [-0.4, -0.2) is 68.8 Å². The van der Waals surface area contributed by atoms with Gasteiger partial charge in [-0.25, -0.2) is 4.79 Å². The number of urea groups is 1. The van der Waals surface area contributed by atoms with Gasteiger partial charge in [-0.2, -0.15) is 4.98 Å². The van der Waals surface area contributed by atoms with Crippen LogP contribution in [0, 0.1) is 23.7 Å². The maximum atomic E-state index is 12.7. The number of amides is 2. The number of unbranched alkanes of at least 4 members (excludes halogenated alkanes) is 28. The minimum absolute atomic E-state index is 0.0825. The van der Waals surface area contributed by atoms with Gasteiger partial charge in [0.25, 0.3) is 5.56 Å². The van der Waals surface area contributed by atoms with E-state index in [2.05, 4.69) is 177 Å². The number of anilines is 1. The molecule has 1 aromatic heterocycles. The first-order chi connectivity index (χ1) is 52.7. The van der Waals surface area contributed by atoms with Gasteiger partial charge in [0.15, 0.2) is 11.5 Å². The van der Waals surface area contributed by atoms with E-state index in [1.54, 1.807) is 0 Å². The third-order valence-electron chi connectivity index (χ3n) is 20.8. The molecule has 108 heavy (non-hydrogen) atoms. The van der Waals surface area contributed by atoms with Crippen molar-refractivity contribution in [3.8, 4) is 51.5 Å². The molecule has 5 rings (SSSR count). The van der Waals surface area contributed by atoms with Crippen molar-refractivity contribution in [2.45, 2.75) is 314 Å². The number of aromatic amines is 1. The van der Waals surface area contributed by atoms with Crippen LogP contribution in [0.1, 0.15) is 348 Å². The van der Waals surface area contributed by atoms with Crippen LogP contribution in [0.15, 0.2) is 71.5 Å². The Labute approximate surface area is 656 Å². The molecule has 13 nitrogen and oxygen atoms in total. The molecule has 0 fully saturated rings. The first kappa shape index (κ1) is 91.5. The molecular formula is C95H148N4O9. The first-order valence-corrected chi connectivity index (χ1v) is 43.5. The lowest BCUT2D eigenvalue weighted by Crippen LogP contribution is -2.31. The molecule has 13 heteroatoms. The summed E-state index contributed by atoms with van der Waals surface area (Å²) in [6.45, 7) is 31.2. The monoisotopic (exact) mass is 1490 g/mol. The molecule has 0 aliphatic heterocycles. The Morgan fingerprint density at radius 1 is 0.370 bits per heavy atom. The minimum Gasteiger partial charge on any atom is -0.493 e. The molecular weight excluding hydrogens is 1340 g/mol. The van der Waals surface area contributed by atoms with Gasteiger partial charge >= 0.3 is 6.03 Å². The van der Waals surface area contributed by atoms with Crippen LogP contribution in [0.2, 0.25) is 0 Å². The summed E-state index contributed by atoms with van der Waals surface area (Å²) in [4.78, 5) is 32.4. The molecule has 0 unspecified atom stereocenters. The Morgan fingerprint density at radius 3 is 1.05 bits per heavy atom. The zero-order chi connectivity index (χ0) is 77.6. The van der Waals surface area contributed by atoms with Crippen LogP contribution in [-0.2, 0) is 0 Å². The molecule has 4 atom stereocenters. The summed E-state index contributed by atoms with van der Waals surface area (Å²) in [5, 5.41) is 5.48. The molecule has 2 amide bonds. The molecule has 0 bridgehead atoms. The minimum atomic E-state index is -0.458. The third kappa shape index (κ3) is 38.0. The zero-order valence-electron chi connectivity index (χ0n) is 69.9. The Bertz CT molecular complexity index is 3310. The van der Waals surface area contributed by atoms with Crippen LogP contribution in [0.25, 0.3) is 47.7 Å². The molecule has 0 saturated heterocycles. The van der Waals surface area contributed by atoms with Gasteiger partial charge in [0.2, 0.25) is 11.7 Å². The lowest BCUT2D eigenvalue weighted by molar-refractivity contribution is 0.234. The smallest absolute Gasteiger partial charge is 0.321 e. The van der Waals surface area contributed by atoms with Crippen molar-refractivity contribution in [2.75, 3.05) is 58.1 Å². The Morgan fingerprint density at radius 2 is 0.694 bits per heavy atom. The van der Waals surface area contributed by atoms with Gasteiger partial charge in [-0.3, -0.25) is 10.1 Å². The summed E-state index contributed by atoms with van der Waals surface area (Å²) in [5.74, 6) is 6.63. The quantitative estimate of drug-likeness (QED) is 0.0253. The number of hydrogen-bond donors (Lipinski definition) is 3. The standard InChI is InChI=1S/C95H148N4O9/c1-13-21-25-28-31-34-37-40-43-46-60-102-90-63-79(64-91(103-61-47-44-41-38-35-32-29-26-22-14-2)93(90)104-62-48-45-42-39-36-33-30-27-23-15-3)52-56-82-66-89(108-73-77(12)20-8)84(68-87(82)106-71-75(10)18-6)58-57-83-67-86(105-70-74(9)17-5)81(65-88(83)107-72-76(11)19-7)55-51-78-49-53-80(54-50-78)85-69-92(100)98-94(97-85)99-95(101)96-59-24-16-4/h49-58,63-69,74-77H,13-48,59-62,70-73H2,1-12H3,(H3,96,97,98,99,100,101)/b55-51+,56-52+,58-57+/t74-,75-,76-,77-/m0/s1. The number of rotatable bonds is 63. The average molecular weight is 1490 g/mol. The normalized spacial score (nSPS) is 12.8. The molecule has 1 heterocycles. The molecule has 0 saturated carbocycles. The van der Waals surface area contributed by atoms with Crippen molar-refractivity contribution in [3.05, 3.63) is 110 Å². The van der Waals surface area contributed by atoms with Crippen molar-refractivity contribution >= 4 is 48.4 Å². The van der Waals surface area contributed by atoms with Crippen molar-refractivity contribution in [3.63, 3.8) is 0 Å². The van der Waals surface area contributed by atoms with Crippen molar-refractivity contribution < 1.29 is 38.0 Å². The van der Waals surface area contributed by atoms with E-state index < -0.39 is 11.6 Å². The van der Waals surface area contributed by atoms with E-state index in [4.69, 9.17) is 33.2 Å². The lowest BCUT2D eigenvalue weighted by Gasteiger charge is -2.19. The van der Waals surface area contributed by atoms with Crippen molar-refractivity contribution in [1.82, 2.24) is 15.3 Å². The summed E-state index contributed by atoms with van der Waals surface area (Å²) in [6, 6.07) is 21.7. The van der Waals surface area contributed by atoms with E-state index >= 15 is 0 Å². The number of nitrogens with zero attached hydrogens (tertiary/aromatic N) is 1. The molecule has 0 aliphatic carbocycles. The average Bonchev–Trinajstić information content (AvgIpc) is 0.819. The second-order valence-electron chi connectivity index (χ2n) is 30.9. The highest BCUT2D eigenvalue weighted by Gasteiger charge is 2.20. The number of carbonyl (C=O) groups excluding carboxylic acids is 1. The fourth-order valence-electron chi connectivity index (χ4n) is 12.5. The van der Waals surface area contributed by atoms with Crippen LogP contribution < -0.4 is 49.4 Å². The Balaban J connectivity index is 1.57. The number of nitrogens with one attached hydrogen (secondary N) is 3. The van der Waals surface area contributed by atoms with Gasteiger partial charge in [-0.05, 0) is 102 Å². The summed E-state index contributed by atoms with van der Waals surface area (Å²) in [7, 11) is 0. The second-order valence-corrected chi connectivity index (χ2v) is 30.9. The van der Waals surface area contributed by atoms with Crippen LogP contribution in [0.4, 0.5) is 10.7 Å². The van der Waals surface area contributed by atoms with Gasteiger partial charge < -0.3 is 43.5 Å². The van der Waals surface area contributed by atoms with Crippen molar-refractivity contribution in [2.24, 2.45) is 23.7 Å². The maximum Gasteiger partial charge on any atom is 0.321 e. The number of carbonyl (C=O) groups is 1. The second kappa shape index (κ2) is 57.0. The SMILES string of the molecule is CCCCCCCCCCCCOc1cc(/C=C/c2cc(OC[C@@H](C)CC)c(/C=C/c3cc(OC[C@@H](C)CC)c(/C=C/c4ccc(-c5cc(=O)nc(NC(=O)NCCCC)[nH]5)cc4)cc3OC[C@@H](C)CC)cc2OC[C@@H](C)CC)cc(OCCCCCCCCCCCC)c1OCCCCCCCCCCCC. The van der Waals surface area contributed by atoms with Gasteiger partial charge in [-0.15, -0.1) is 0 Å². The van der Waals surface area contributed by atoms with Gasteiger partial charge in [0.1, 0.15) is 23.0 Å². The molecule has 0 aliphatic rings. The first-order valence-electron chi connectivity index (χ1n) is 43.5. The van der Waals surface area contributed by atoms with E-state index in [0.717, 1.165) is 156 Å². The third-order valence-corrected chi connectivity index (χ3v) is 20.8. The summed E-state index contributed by atoms with van der Waals surface area (Å²) in [5.41, 5.74) is 6.33. The predicted octanol–water partition coefficient (Wildman–Crippen LogP) is 27.5. The van der Waals surface area contributed by atoms with Gasteiger partial charge in [-0.1, -0.05) is 349 Å². The highest BCUT2D eigenvalue weighted by Crippen LogP contribution is 2.42. The molecule has 4 aromatic carbocycles. The van der Waals surface area contributed by atoms with Gasteiger partial charge in [0.05, 0.1) is 51.9 Å². The van der Waals surface area contributed by atoms with E-state index in [9.17, 15) is 9.59 Å². The maximum absolute atomic E-state index is 12.7. The topological polar surface area (TPSA) is 151 Å². The highest BCUT2D eigenvalue weighted by atomic mass is 16.5. The van der Waals surface area contributed by atoms with Crippen LogP contribution in [0.5, 0.6) is 40.2 Å². The van der Waals surface area contributed by atoms with Crippen LogP contribution >= 0.6 is 0 Å². The number of benzene rings is 4. The molecule has 5 aromatic rings. The summed E-state index contributed by atoms with van der Waals surface area (Å²) < 4.78 is 48.1. The molecule has 602 valence electrons. The highest BCUT2D eigenvalue weighted by molar-refractivity contribution is 5.87. The van der Waals surface area contributed by atoms with Gasteiger partial charge in [0, 0.05) is 34.9 Å². The Kier molecular flexibility index (Phi) is 48.3. The lowest BCUT2D eigenvalue weighted by atomic mass is 10.0. The van der Waals surface area contributed by atoms with E-state index in [1.807, 2.05) is 24.3 Å². The molecule has 3 N–H and O–H groups in total. The molecule has 0 radical (unpaired) electrons.